The Bertz CT molecular complexity index is 649. The van der Waals surface area contributed by atoms with Gasteiger partial charge in [-0.15, -0.1) is 0 Å². The SMILES string of the molecule is C[Si](C)(OCCOc1ccc([N+](=O)[O-])cc1)OCc1cccnc1. The number of hydrogen-bond acceptors (Lipinski definition) is 6. The van der Waals surface area contributed by atoms with Crippen LogP contribution < -0.4 is 4.74 Å². The van der Waals surface area contributed by atoms with Crippen molar-refractivity contribution in [2.75, 3.05) is 13.2 Å². The molecule has 0 saturated heterocycles. The Kier molecular flexibility index (Phi) is 6.41. The summed E-state index contributed by atoms with van der Waals surface area (Å²) in [4.78, 5) is 14.2. The molecule has 2 rings (SSSR count). The summed E-state index contributed by atoms with van der Waals surface area (Å²) >= 11 is 0. The van der Waals surface area contributed by atoms with Gasteiger partial charge in [0.15, 0.2) is 0 Å². The maximum atomic E-state index is 10.6. The quantitative estimate of drug-likeness (QED) is 0.299. The topological polar surface area (TPSA) is 83.7 Å². The van der Waals surface area contributed by atoms with Gasteiger partial charge in [0.05, 0.1) is 18.1 Å². The van der Waals surface area contributed by atoms with E-state index in [1.165, 1.54) is 12.1 Å². The van der Waals surface area contributed by atoms with Gasteiger partial charge in [-0.25, -0.2) is 0 Å². The molecule has 0 amide bonds. The van der Waals surface area contributed by atoms with Crippen LogP contribution in [-0.2, 0) is 15.5 Å². The summed E-state index contributed by atoms with van der Waals surface area (Å²) in [7, 11) is -2.25. The molecule has 1 aromatic heterocycles. The summed E-state index contributed by atoms with van der Waals surface area (Å²) in [6.07, 6.45) is 3.49. The summed E-state index contributed by atoms with van der Waals surface area (Å²) in [5, 5.41) is 10.6. The molecule has 0 atom stereocenters. The molecule has 0 aliphatic heterocycles. The van der Waals surface area contributed by atoms with Gasteiger partial charge in [0.1, 0.15) is 12.4 Å². The van der Waals surface area contributed by atoms with E-state index in [-0.39, 0.29) is 5.69 Å². The minimum Gasteiger partial charge on any atom is -0.491 e. The lowest BCUT2D eigenvalue weighted by atomic mass is 10.3. The Morgan fingerprint density at radius 2 is 1.88 bits per heavy atom. The first-order valence-corrected chi connectivity index (χ1v) is 10.3. The summed E-state index contributed by atoms with van der Waals surface area (Å²) in [5.74, 6) is 0.569. The first-order chi connectivity index (χ1) is 11.5. The molecule has 0 bridgehead atoms. The fraction of sp³-hybridized carbons (Fsp3) is 0.312. The summed E-state index contributed by atoms with van der Waals surface area (Å²) in [5.41, 5.74) is 1.04. The van der Waals surface area contributed by atoms with Gasteiger partial charge in [0, 0.05) is 24.5 Å². The van der Waals surface area contributed by atoms with Crippen molar-refractivity contribution in [3.05, 3.63) is 64.5 Å². The molecular weight excluding hydrogens is 328 g/mol. The van der Waals surface area contributed by atoms with E-state index in [1.54, 1.807) is 24.5 Å². The normalized spacial score (nSPS) is 11.2. The monoisotopic (exact) mass is 348 g/mol. The Labute approximate surface area is 141 Å². The van der Waals surface area contributed by atoms with Gasteiger partial charge >= 0.3 is 8.56 Å². The van der Waals surface area contributed by atoms with Crippen LogP contribution in [0.3, 0.4) is 0 Å². The molecule has 7 nitrogen and oxygen atoms in total. The average molecular weight is 348 g/mol. The predicted octanol–water partition coefficient (Wildman–Crippen LogP) is 3.30. The van der Waals surface area contributed by atoms with Crippen molar-refractivity contribution in [3.8, 4) is 5.75 Å². The summed E-state index contributed by atoms with van der Waals surface area (Å²) in [6.45, 7) is 5.15. The number of hydrogen-bond donors (Lipinski definition) is 0. The van der Waals surface area contributed by atoms with Gasteiger partial charge in [-0.3, -0.25) is 15.1 Å². The molecule has 8 heteroatoms. The zero-order chi connectivity index (χ0) is 17.4. The summed E-state index contributed by atoms with van der Waals surface area (Å²) in [6, 6.07) is 9.78. The fourth-order valence-corrected chi connectivity index (χ4v) is 3.07. The first-order valence-electron chi connectivity index (χ1n) is 7.50. The minimum atomic E-state index is -2.25. The summed E-state index contributed by atoms with van der Waals surface area (Å²) < 4.78 is 17.2. The van der Waals surface area contributed by atoms with Crippen LogP contribution in [0.1, 0.15) is 5.56 Å². The van der Waals surface area contributed by atoms with Crippen molar-refractivity contribution in [2.24, 2.45) is 0 Å². The van der Waals surface area contributed by atoms with Gasteiger partial charge in [-0.05, 0) is 36.9 Å². The predicted molar refractivity (Wildman–Crippen MR) is 91.1 cm³/mol. The highest BCUT2D eigenvalue weighted by Crippen LogP contribution is 2.17. The molecule has 0 saturated carbocycles. The average Bonchev–Trinajstić information content (AvgIpc) is 2.58. The molecule has 0 unspecified atom stereocenters. The molecular formula is C16H20N2O5Si. The second-order valence-electron chi connectivity index (χ2n) is 5.50. The number of aromatic nitrogens is 1. The zero-order valence-corrected chi connectivity index (χ0v) is 14.7. The standard InChI is InChI=1S/C16H20N2O5Si/c1-24(2,23-13-14-4-3-9-17-12-14)22-11-10-21-16-7-5-15(6-8-16)18(19)20/h3-9,12H,10-11,13H2,1-2H3. The Morgan fingerprint density at radius 3 is 2.50 bits per heavy atom. The number of ether oxygens (including phenoxy) is 1. The van der Waals surface area contributed by atoms with E-state index in [1.807, 2.05) is 25.2 Å². The van der Waals surface area contributed by atoms with Crippen molar-refractivity contribution in [3.63, 3.8) is 0 Å². The third-order valence-electron chi connectivity index (χ3n) is 3.16. The van der Waals surface area contributed by atoms with E-state index in [2.05, 4.69) is 4.98 Å². The first kappa shape index (κ1) is 18.1. The van der Waals surface area contributed by atoms with Gasteiger partial charge in [0.25, 0.3) is 5.69 Å². The molecule has 0 N–H and O–H groups in total. The van der Waals surface area contributed by atoms with Crippen LogP contribution in [0.5, 0.6) is 5.75 Å². The van der Waals surface area contributed by atoms with Gasteiger partial charge < -0.3 is 13.6 Å². The van der Waals surface area contributed by atoms with Crippen LogP contribution in [-0.4, -0.2) is 31.7 Å². The van der Waals surface area contributed by atoms with E-state index in [9.17, 15) is 10.1 Å². The lowest BCUT2D eigenvalue weighted by molar-refractivity contribution is -0.384. The minimum absolute atomic E-state index is 0.0379. The van der Waals surface area contributed by atoms with Crippen LogP contribution in [0.25, 0.3) is 0 Å². The molecule has 1 aromatic carbocycles. The number of non-ortho nitro benzene ring substituents is 1. The second kappa shape index (κ2) is 8.53. The van der Waals surface area contributed by atoms with Crippen LogP contribution in [0, 0.1) is 10.1 Å². The maximum absolute atomic E-state index is 10.6. The smallest absolute Gasteiger partial charge is 0.332 e. The van der Waals surface area contributed by atoms with Crippen molar-refractivity contribution >= 4 is 14.2 Å². The van der Waals surface area contributed by atoms with Crippen molar-refractivity contribution in [1.29, 1.82) is 0 Å². The van der Waals surface area contributed by atoms with E-state index < -0.39 is 13.5 Å². The van der Waals surface area contributed by atoms with E-state index in [4.69, 9.17) is 13.6 Å². The number of benzene rings is 1. The number of pyridine rings is 1. The highest BCUT2D eigenvalue weighted by atomic mass is 28.4. The van der Waals surface area contributed by atoms with Crippen molar-refractivity contribution in [1.82, 2.24) is 4.98 Å². The number of rotatable bonds is 9. The van der Waals surface area contributed by atoms with Gasteiger partial charge in [-0.1, -0.05) is 6.07 Å². The molecule has 2 aromatic rings. The lowest BCUT2D eigenvalue weighted by Gasteiger charge is -2.22. The fourth-order valence-electron chi connectivity index (χ4n) is 1.89. The lowest BCUT2D eigenvalue weighted by Crippen LogP contribution is -2.36. The Morgan fingerprint density at radius 1 is 1.12 bits per heavy atom. The highest BCUT2D eigenvalue weighted by molar-refractivity contribution is 6.64. The molecule has 128 valence electrons. The number of nitrogens with zero attached hydrogens (tertiary/aromatic N) is 2. The molecule has 0 fully saturated rings. The molecule has 0 aliphatic carbocycles. The third-order valence-corrected chi connectivity index (χ3v) is 4.90. The van der Waals surface area contributed by atoms with Crippen molar-refractivity contribution in [2.45, 2.75) is 19.7 Å². The van der Waals surface area contributed by atoms with Gasteiger partial charge in [0.2, 0.25) is 0 Å². The molecule has 0 aliphatic rings. The molecule has 0 spiro atoms. The number of nitro benzene ring substituents is 1. The highest BCUT2D eigenvalue weighted by Gasteiger charge is 2.24. The van der Waals surface area contributed by atoms with Crippen molar-refractivity contribution < 1.29 is 18.5 Å². The van der Waals surface area contributed by atoms with Crippen LogP contribution in [0.2, 0.25) is 13.1 Å². The van der Waals surface area contributed by atoms with Crippen LogP contribution in [0.4, 0.5) is 5.69 Å². The van der Waals surface area contributed by atoms with Crippen LogP contribution in [0.15, 0.2) is 48.8 Å². The second-order valence-corrected chi connectivity index (χ2v) is 8.87. The Hall–Kier alpha value is -2.29. The van der Waals surface area contributed by atoms with E-state index in [0.717, 1.165) is 5.56 Å². The maximum Gasteiger partial charge on any atom is 0.332 e. The number of nitro groups is 1. The molecule has 24 heavy (non-hydrogen) atoms. The molecule has 1 heterocycles. The van der Waals surface area contributed by atoms with E-state index >= 15 is 0 Å². The third kappa shape index (κ3) is 6.07. The van der Waals surface area contributed by atoms with E-state index in [0.29, 0.717) is 25.6 Å². The van der Waals surface area contributed by atoms with Gasteiger partial charge in [-0.2, -0.15) is 0 Å². The largest absolute Gasteiger partial charge is 0.491 e. The molecule has 0 radical (unpaired) electrons. The zero-order valence-electron chi connectivity index (χ0n) is 13.7. The Balaban J connectivity index is 1.69. The van der Waals surface area contributed by atoms with Crippen LogP contribution >= 0.6 is 0 Å².